The van der Waals surface area contributed by atoms with Gasteiger partial charge in [0.05, 0.1) is 23.6 Å². The molecule has 2 aromatic carbocycles. The molecular formula is C22H23N3O3S2. The number of hydrogen-bond donors (Lipinski definition) is 2. The topological polar surface area (TPSA) is 87.6 Å². The van der Waals surface area contributed by atoms with Crippen LogP contribution in [0.2, 0.25) is 0 Å². The Balaban J connectivity index is 1.27. The maximum Gasteiger partial charge on any atom is 0.251 e. The molecule has 30 heavy (non-hydrogen) atoms. The molecule has 0 saturated carbocycles. The van der Waals surface area contributed by atoms with Crippen LogP contribution in [0.25, 0.3) is 0 Å². The minimum Gasteiger partial charge on any atom is -0.345 e. The molecule has 1 aliphatic carbocycles. The summed E-state index contributed by atoms with van der Waals surface area (Å²) in [5.41, 5.74) is 3.90. The second-order valence-electron chi connectivity index (χ2n) is 8.06. The zero-order chi connectivity index (χ0) is 20.7. The smallest absolute Gasteiger partial charge is 0.251 e. The first-order chi connectivity index (χ1) is 14.5. The van der Waals surface area contributed by atoms with Crippen molar-refractivity contribution >= 4 is 38.4 Å². The fourth-order valence-electron chi connectivity index (χ4n) is 4.42. The minimum atomic E-state index is -2.96. The summed E-state index contributed by atoms with van der Waals surface area (Å²) < 4.78 is 23.4. The van der Waals surface area contributed by atoms with E-state index in [0.717, 1.165) is 30.1 Å². The molecule has 8 heteroatoms. The van der Waals surface area contributed by atoms with Crippen molar-refractivity contribution in [3.8, 4) is 0 Å². The number of hydrogen-bond acceptors (Lipinski definition) is 6. The molecule has 2 heterocycles. The average molecular weight is 442 g/mol. The molecule has 0 aromatic heterocycles. The van der Waals surface area contributed by atoms with Crippen molar-refractivity contribution in [1.29, 1.82) is 0 Å². The summed E-state index contributed by atoms with van der Waals surface area (Å²) in [6, 6.07) is 15.5. The highest BCUT2D eigenvalue weighted by Crippen LogP contribution is 2.35. The lowest BCUT2D eigenvalue weighted by atomic mass is 9.87. The van der Waals surface area contributed by atoms with Gasteiger partial charge in [0.2, 0.25) is 0 Å². The van der Waals surface area contributed by atoms with Crippen LogP contribution in [0.3, 0.4) is 0 Å². The maximum atomic E-state index is 12.9. The van der Waals surface area contributed by atoms with Gasteiger partial charge >= 0.3 is 0 Å². The van der Waals surface area contributed by atoms with Gasteiger partial charge in [-0.1, -0.05) is 42.1 Å². The lowest BCUT2D eigenvalue weighted by molar-refractivity contribution is 0.0933. The Morgan fingerprint density at radius 1 is 1.10 bits per heavy atom. The zero-order valence-corrected chi connectivity index (χ0v) is 18.0. The first kappa shape index (κ1) is 19.6. The molecule has 1 fully saturated rings. The molecular weight excluding hydrogens is 418 g/mol. The Kier molecular flexibility index (Phi) is 5.06. The number of sulfone groups is 1. The van der Waals surface area contributed by atoms with Crippen LogP contribution in [0.1, 0.15) is 40.4 Å². The molecule has 2 aromatic rings. The summed E-state index contributed by atoms with van der Waals surface area (Å²) >= 11 is 1.47. The number of anilines is 1. The van der Waals surface area contributed by atoms with Crippen molar-refractivity contribution in [1.82, 2.24) is 5.32 Å². The van der Waals surface area contributed by atoms with E-state index in [-0.39, 0.29) is 34.7 Å². The summed E-state index contributed by atoms with van der Waals surface area (Å²) in [5.74, 6) is 0.216. The standard InChI is InChI=1S/C22H23N3O3S2/c26-21(24-18-10-4-6-14-5-1-2-9-17(14)18)15-7-3-8-16(11-15)23-22-25-19-12-30(27,28)13-20(19)29-22/h1-3,5,7-9,11,18-20H,4,6,10,12-13H2,(H,23,25)(H,24,26)/t18-,19-,20-/m1/s1. The van der Waals surface area contributed by atoms with Crippen LogP contribution in [0.4, 0.5) is 5.69 Å². The predicted molar refractivity (Wildman–Crippen MR) is 121 cm³/mol. The number of thioether (sulfide) groups is 1. The monoisotopic (exact) mass is 441 g/mol. The number of amides is 1. The predicted octanol–water partition coefficient (Wildman–Crippen LogP) is 3.17. The number of aryl methyl sites for hydroxylation is 1. The molecule has 3 atom stereocenters. The normalized spacial score (nSPS) is 26.4. The highest BCUT2D eigenvalue weighted by Gasteiger charge is 2.42. The van der Waals surface area contributed by atoms with Crippen molar-refractivity contribution in [3.05, 3.63) is 65.2 Å². The Bertz CT molecular complexity index is 1130. The van der Waals surface area contributed by atoms with Gasteiger partial charge in [-0.3, -0.25) is 9.79 Å². The molecule has 0 unspecified atom stereocenters. The summed E-state index contributed by atoms with van der Waals surface area (Å²) in [6.07, 6.45) is 3.07. The Morgan fingerprint density at radius 3 is 2.83 bits per heavy atom. The third kappa shape index (κ3) is 3.98. The van der Waals surface area contributed by atoms with E-state index < -0.39 is 9.84 Å². The van der Waals surface area contributed by atoms with Gasteiger partial charge in [0.15, 0.2) is 15.0 Å². The molecule has 156 valence electrons. The summed E-state index contributed by atoms with van der Waals surface area (Å²) in [5, 5.41) is 7.15. The summed E-state index contributed by atoms with van der Waals surface area (Å²) in [7, 11) is -2.96. The van der Waals surface area contributed by atoms with Crippen molar-refractivity contribution in [3.63, 3.8) is 0 Å². The molecule has 1 saturated heterocycles. The number of fused-ring (bicyclic) bond motifs is 2. The Labute approximate surface area is 180 Å². The third-order valence-electron chi connectivity index (χ3n) is 5.87. The lowest BCUT2D eigenvalue weighted by Gasteiger charge is -2.26. The number of nitrogens with one attached hydrogen (secondary N) is 2. The fraction of sp³-hybridized carbons (Fsp3) is 0.364. The first-order valence-electron chi connectivity index (χ1n) is 10.2. The number of rotatable bonds is 3. The molecule has 0 spiro atoms. The van der Waals surface area contributed by atoms with Crippen molar-refractivity contribution in [2.24, 2.45) is 4.99 Å². The Morgan fingerprint density at radius 2 is 1.97 bits per heavy atom. The highest BCUT2D eigenvalue weighted by molar-refractivity contribution is 8.15. The van der Waals surface area contributed by atoms with E-state index in [1.54, 1.807) is 6.07 Å². The van der Waals surface area contributed by atoms with E-state index in [9.17, 15) is 13.2 Å². The quantitative estimate of drug-likeness (QED) is 0.764. The van der Waals surface area contributed by atoms with Gasteiger partial charge in [-0.2, -0.15) is 0 Å². The van der Waals surface area contributed by atoms with E-state index in [4.69, 9.17) is 0 Å². The van der Waals surface area contributed by atoms with E-state index in [1.165, 1.54) is 22.9 Å². The zero-order valence-electron chi connectivity index (χ0n) is 16.4. The van der Waals surface area contributed by atoms with E-state index in [0.29, 0.717) is 5.56 Å². The lowest BCUT2D eigenvalue weighted by Crippen LogP contribution is -2.31. The molecule has 0 bridgehead atoms. The SMILES string of the molecule is O=C(N[C@@H]1CCCc2ccccc21)c1cccc(NC2=N[C@@H]3CS(=O)(=O)C[C@H]3S2)c1. The Hall–Kier alpha value is -2.32. The van der Waals surface area contributed by atoms with Crippen LogP contribution in [-0.2, 0) is 16.3 Å². The largest absolute Gasteiger partial charge is 0.345 e. The van der Waals surface area contributed by atoms with Crippen molar-refractivity contribution in [2.75, 3.05) is 16.8 Å². The highest BCUT2D eigenvalue weighted by atomic mass is 32.2. The second kappa shape index (κ2) is 7.74. The third-order valence-corrected chi connectivity index (χ3v) is 9.01. The van der Waals surface area contributed by atoms with Crippen molar-refractivity contribution in [2.45, 2.75) is 36.6 Å². The van der Waals surface area contributed by atoms with E-state index >= 15 is 0 Å². The van der Waals surface area contributed by atoms with Crippen LogP contribution >= 0.6 is 11.8 Å². The number of aliphatic imine (C=N–C) groups is 1. The van der Waals surface area contributed by atoms with Crippen LogP contribution in [0, 0.1) is 0 Å². The molecule has 5 rings (SSSR count). The molecule has 0 radical (unpaired) electrons. The van der Waals surface area contributed by atoms with E-state index in [1.807, 2.05) is 30.3 Å². The molecule has 2 aliphatic heterocycles. The van der Waals surface area contributed by atoms with Crippen molar-refractivity contribution < 1.29 is 13.2 Å². The number of carbonyl (C=O) groups is 1. The summed E-state index contributed by atoms with van der Waals surface area (Å²) in [4.78, 5) is 17.4. The number of nitrogens with zero attached hydrogens (tertiary/aromatic N) is 1. The van der Waals surface area contributed by atoms with Gasteiger partial charge in [-0.25, -0.2) is 8.42 Å². The molecule has 2 N–H and O–H groups in total. The first-order valence-corrected chi connectivity index (χ1v) is 12.9. The van der Waals surface area contributed by atoms with Crippen LogP contribution in [0.5, 0.6) is 0 Å². The number of benzene rings is 2. The van der Waals surface area contributed by atoms with E-state index in [2.05, 4.69) is 27.8 Å². The van der Waals surface area contributed by atoms with Gasteiger partial charge in [0.1, 0.15) is 0 Å². The number of carbonyl (C=O) groups excluding carboxylic acids is 1. The minimum absolute atomic E-state index is 0.00430. The van der Waals surface area contributed by atoms with Gasteiger partial charge in [0, 0.05) is 16.5 Å². The van der Waals surface area contributed by atoms with Crippen LogP contribution in [0.15, 0.2) is 53.5 Å². The van der Waals surface area contributed by atoms with Crippen LogP contribution in [-0.4, -0.2) is 42.3 Å². The molecule has 3 aliphatic rings. The number of amidine groups is 1. The average Bonchev–Trinajstić information content (AvgIpc) is 3.21. The molecule has 1 amide bonds. The maximum absolute atomic E-state index is 12.9. The van der Waals surface area contributed by atoms with Gasteiger partial charge in [0.25, 0.3) is 5.91 Å². The van der Waals surface area contributed by atoms with Gasteiger partial charge in [-0.15, -0.1) is 0 Å². The van der Waals surface area contributed by atoms with Crippen LogP contribution < -0.4 is 10.6 Å². The molecule has 6 nitrogen and oxygen atoms in total. The van der Waals surface area contributed by atoms with Gasteiger partial charge < -0.3 is 10.6 Å². The fourth-order valence-corrected chi connectivity index (χ4v) is 8.10. The van der Waals surface area contributed by atoms with Gasteiger partial charge in [-0.05, 0) is 48.6 Å². The summed E-state index contributed by atoms with van der Waals surface area (Å²) in [6.45, 7) is 0. The second-order valence-corrected chi connectivity index (χ2v) is 11.4.